The maximum absolute atomic E-state index is 10.5. The van der Waals surface area contributed by atoms with E-state index in [2.05, 4.69) is 9.97 Å². The number of rotatable bonds is 2. The van der Waals surface area contributed by atoms with E-state index in [1.165, 1.54) is 6.20 Å². The number of carbonyl (C=O) groups excluding carboxylic acids is 1. The lowest BCUT2D eigenvalue weighted by Crippen LogP contribution is -1.89. The third kappa shape index (κ3) is 2.02. The fourth-order valence-electron chi connectivity index (χ4n) is 1.23. The minimum absolute atomic E-state index is 0.451. The molecule has 0 amide bonds. The molecular weight excluding hydrogens is 212 g/mol. The smallest absolute Gasteiger partial charge is 0.151 e. The molecule has 4 heteroatoms. The quantitative estimate of drug-likeness (QED) is 0.728. The normalized spacial score (nSPS) is 9.93. The Morgan fingerprint density at radius 1 is 1.33 bits per heavy atom. The first-order chi connectivity index (χ1) is 7.31. The fraction of sp³-hybridized carbons (Fsp3) is 0. The lowest BCUT2D eigenvalue weighted by Gasteiger charge is -2.02. The maximum Gasteiger partial charge on any atom is 0.151 e. The number of nitrogens with zero attached hydrogens (tertiary/aromatic N) is 2. The molecule has 0 atom stereocenters. The number of carbonyl (C=O) groups is 1. The monoisotopic (exact) mass is 218 g/mol. The van der Waals surface area contributed by atoms with E-state index in [4.69, 9.17) is 11.6 Å². The van der Waals surface area contributed by atoms with Crippen molar-refractivity contribution in [2.75, 3.05) is 0 Å². The second-order valence-electron chi connectivity index (χ2n) is 2.96. The predicted molar refractivity (Wildman–Crippen MR) is 57.9 cm³/mol. The van der Waals surface area contributed by atoms with Crippen molar-refractivity contribution in [1.29, 1.82) is 0 Å². The van der Waals surface area contributed by atoms with Gasteiger partial charge in [0.25, 0.3) is 0 Å². The molecule has 0 aliphatic rings. The molecular formula is C11H7ClN2O. The molecule has 0 unspecified atom stereocenters. The largest absolute Gasteiger partial charge is 0.298 e. The van der Waals surface area contributed by atoms with E-state index in [9.17, 15) is 4.79 Å². The van der Waals surface area contributed by atoms with Crippen LogP contribution in [0.1, 0.15) is 10.4 Å². The summed E-state index contributed by atoms with van der Waals surface area (Å²) in [6.07, 6.45) is 5.55. The highest BCUT2D eigenvalue weighted by Gasteiger charge is 2.05. The number of halogens is 1. The van der Waals surface area contributed by atoms with Gasteiger partial charge in [-0.1, -0.05) is 11.6 Å². The summed E-state index contributed by atoms with van der Waals surface area (Å²) in [6.45, 7) is 0. The second-order valence-corrected chi connectivity index (χ2v) is 3.37. The molecule has 0 N–H and O–H groups in total. The summed E-state index contributed by atoms with van der Waals surface area (Å²) >= 11 is 5.99. The van der Waals surface area contributed by atoms with Crippen LogP contribution < -0.4 is 0 Å². The van der Waals surface area contributed by atoms with Gasteiger partial charge in [0.05, 0.1) is 10.7 Å². The molecule has 74 valence electrons. The Bertz CT molecular complexity index is 485. The summed E-state index contributed by atoms with van der Waals surface area (Å²) in [6, 6.07) is 5.26. The van der Waals surface area contributed by atoms with Crippen LogP contribution in [0, 0.1) is 0 Å². The van der Waals surface area contributed by atoms with Crippen molar-refractivity contribution in [3.8, 4) is 11.3 Å². The van der Waals surface area contributed by atoms with Gasteiger partial charge in [-0.15, -0.1) is 0 Å². The van der Waals surface area contributed by atoms with E-state index in [0.717, 1.165) is 5.56 Å². The van der Waals surface area contributed by atoms with Gasteiger partial charge in [-0.3, -0.25) is 14.8 Å². The maximum atomic E-state index is 10.5. The summed E-state index contributed by atoms with van der Waals surface area (Å²) in [7, 11) is 0. The highest BCUT2D eigenvalue weighted by atomic mass is 35.5. The van der Waals surface area contributed by atoms with Crippen LogP contribution in [0.5, 0.6) is 0 Å². The molecule has 2 aromatic heterocycles. The van der Waals surface area contributed by atoms with Gasteiger partial charge < -0.3 is 0 Å². The first kappa shape index (κ1) is 9.80. The van der Waals surface area contributed by atoms with Gasteiger partial charge in [-0.05, 0) is 18.2 Å². The average molecular weight is 219 g/mol. The Labute approximate surface area is 91.8 Å². The first-order valence-corrected chi connectivity index (χ1v) is 4.70. The Morgan fingerprint density at radius 2 is 2.20 bits per heavy atom. The zero-order valence-corrected chi connectivity index (χ0v) is 8.48. The zero-order valence-electron chi connectivity index (χ0n) is 7.72. The summed E-state index contributed by atoms with van der Waals surface area (Å²) in [5.74, 6) is 0. The van der Waals surface area contributed by atoms with Crippen molar-refractivity contribution in [3.63, 3.8) is 0 Å². The van der Waals surface area contributed by atoms with Crippen molar-refractivity contribution in [2.45, 2.75) is 0 Å². The van der Waals surface area contributed by atoms with Crippen LogP contribution in [0.2, 0.25) is 5.02 Å². The fourth-order valence-corrected chi connectivity index (χ4v) is 1.52. The Balaban J connectivity index is 2.51. The van der Waals surface area contributed by atoms with Crippen LogP contribution in [-0.2, 0) is 0 Å². The van der Waals surface area contributed by atoms with Crippen molar-refractivity contribution >= 4 is 17.9 Å². The van der Waals surface area contributed by atoms with Crippen molar-refractivity contribution < 1.29 is 4.79 Å². The van der Waals surface area contributed by atoms with Crippen LogP contribution >= 0.6 is 11.6 Å². The summed E-state index contributed by atoms with van der Waals surface area (Å²) < 4.78 is 0. The van der Waals surface area contributed by atoms with E-state index in [1.807, 2.05) is 6.07 Å². The van der Waals surface area contributed by atoms with Crippen molar-refractivity contribution in [2.24, 2.45) is 0 Å². The SMILES string of the molecule is O=Cc1cnc(-c2cccnc2)c(Cl)c1. The van der Waals surface area contributed by atoms with Gasteiger partial charge in [-0.25, -0.2) is 0 Å². The van der Waals surface area contributed by atoms with E-state index in [-0.39, 0.29) is 0 Å². The summed E-state index contributed by atoms with van der Waals surface area (Å²) in [5, 5.41) is 0.451. The van der Waals surface area contributed by atoms with E-state index >= 15 is 0 Å². The molecule has 0 spiro atoms. The topological polar surface area (TPSA) is 42.9 Å². The predicted octanol–water partition coefficient (Wildman–Crippen LogP) is 2.61. The zero-order chi connectivity index (χ0) is 10.7. The number of hydrogen-bond acceptors (Lipinski definition) is 3. The number of aromatic nitrogens is 2. The van der Waals surface area contributed by atoms with Gasteiger partial charge >= 0.3 is 0 Å². The molecule has 0 saturated carbocycles. The third-order valence-electron chi connectivity index (χ3n) is 1.93. The van der Waals surface area contributed by atoms with E-state index < -0.39 is 0 Å². The van der Waals surface area contributed by atoms with Gasteiger partial charge in [0, 0.05) is 29.7 Å². The molecule has 0 fully saturated rings. The molecule has 0 saturated heterocycles. The molecule has 0 aromatic carbocycles. The first-order valence-electron chi connectivity index (χ1n) is 4.32. The highest BCUT2D eigenvalue weighted by molar-refractivity contribution is 6.33. The molecule has 0 bridgehead atoms. The minimum atomic E-state index is 0.451. The lowest BCUT2D eigenvalue weighted by atomic mass is 10.2. The van der Waals surface area contributed by atoms with Crippen LogP contribution in [0.25, 0.3) is 11.3 Å². The summed E-state index contributed by atoms with van der Waals surface area (Å²) in [4.78, 5) is 18.6. The second kappa shape index (κ2) is 4.19. The molecule has 3 nitrogen and oxygen atoms in total. The number of hydrogen-bond donors (Lipinski definition) is 0. The van der Waals surface area contributed by atoms with Gasteiger partial charge in [-0.2, -0.15) is 0 Å². The van der Waals surface area contributed by atoms with Crippen molar-refractivity contribution in [1.82, 2.24) is 9.97 Å². The van der Waals surface area contributed by atoms with Crippen LogP contribution in [0.15, 0.2) is 36.8 Å². The average Bonchev–Trinajstić information content (AvgIpc) is 2.30. The number of aldehydes is 1. The van der Waals surface area contributed by atoms with Crippen LogP contribution in [-0.4, -0.2) is 16.3 Å². The number of pyridine rings is 2. The molecule has 0 aliphatic carbocycles. The highest BCUT2D eigenvalue weighted by Crippen LogP contribution is 2.24. The molecule has 2 aromatic rings. The van der Waals surface area contributed by atoms with Crippen molar-refractivity contribution in [3.05, 3.63) is 47.4 Å². The molecule has 0 aliphatic heterocycles. The minimum Gasteiger partial charge on any atom is -0.298 e. The summed E-state index contributed by atoms with van der Waals surface area (Å²) in [5.41, 5.74) is 1.93. The van der Waals surface area contributed by atoms with E-state index in [1.54, 1.807) is 24.5 Å². The Hall–Kier alpha value is -1.74. The molecule has 2 rings (SSSR count). The standard InChI is InChI=1S/C11H7ClN2O/c12-10-4-8(7-15)5-14-11(10)9-2-1-3-13-6-9/h1-7H. The molecule has 15 heavy (non-hydrogen) atoms. The van der Waals surface area contributed by atoms with Crippen LogP contribution in [0.3, 0.4) is 0 Å². The Kier molecular flexibility index (Phi) is 2.74. The van der Waals surface area contributed by atoms with Gasteiger partial charge in [0.1, 0.15) is 0 Å². The van der Waals surface area contributed by atoms with Crippen LogP contribution in [0.4, 0.5) is 0 Å². The van der Waals surface area contributed by atoms with Gasteiger partial charge in [0.15, 0.2) is 6.29 Å². The lowest BCUT2D eigenvalue weighted by molar-refractivity contribution is 0.112. The Morgan fingerprint density at radius 3 is 2.80 bits per heavy atom. The third-order valence-corrected chi connectivity index (χ3v) is 2.22. The van der Waals surface area contributed by atoms with E-state index in [0.29, 0.717) is 22.6 Å². The van der Waals surface area contributed by atoms with Gasteiger partial charge in [0.2, 0.25) is 0 Å². The molecule has 2 heterocycles. The molecule has 0 radical (unpaired) electrons.